The lowest BCUT2D eigenvalue weighted by molar-refractivity contribution is -0.0718. The third-order valence-corrected chi connectivity index (χ3v) is 4.35. The quantitative estimate of drug-likeness (QED) is 0.555. The lowest BCUT2D eigenvalue weighted by atomic mass is 9.99. The van der Waals surface area contributed by atoms with Crippen LogP contribution in [0.1, 0.15) is 20.8 Å². The topological polar surface area (TPSA) is 55.8 Å². The van der Waals surface area contributed by atoms with E-state index in [-0.39, 0.29) is 11.4 Å². The summed E-state index contributed by atoms with van der Waals surface area (Å²) in [7, 11) is 1.79. The van der Waals surface area contributed by atoms with E-state index in [2.05, 4.69) is 11.8 Å². The van der Waals surface area contributed by atoms with Crippen molar-refractivity contribution < 1.29 is 14.4 Å². The second-order valence-electron chi connectivity index (χ2n) is 4.84. The van der Waals surface area contributed by atoms with E-state index in [1.165, 1.54) is 0 Å². The molecule has 1 N–H and O–H groups in total. The molecule has 4 nitrogen and oxygen atoms in total. The van der Waals surface area contributed by atoms with E-state index in [0.29, 0.717) is 13.2 Å². The standard InChI is InChI=1S/C11H19NO3S/c1-10(2,3)16(14)12(4)11(6-5-7-13)8-15-9-11/h13H,7-9H2,1-4H3. The highest BCUT2D eigenvalue weighted by atomic mass is 32.2. The molecule has 0 bridgehead atoms. The lowest BCUT2D eigenvalue weighted by Crippen LogP contribution is -2.63. The smallest absolute Gasteiger partial charge is 0.172 e. The first-order valence-electron chi connectivity index (χ1n) is 5.18. The molecule has 0 aromatic rings. The molecular weight excluding hydrogens is 226 g/mol. The van der Waals surface area contributed by atoms with Crippen LogP contribution in [0.2, 0.25) is 0 Å². The van der Waals surface area contributed by atoms with Crippen LogP contribution in [0.4, 0.5) is 0 Å². The van der Waals surface area contributed by atoms with Crippen LogP contribution in [0.25, 0.3) is 0 Å². The first kappa shape index (κ1) is 13.8. The predicted molar refractivity (Wildman–Crippen MR) is 64.1 cm³/mol. The average molecular weight is 245 g/mol. The summed E-state index contributed by atoms with van der Waals surface area (Å²) in [6, 6.07) is 0. The van der Waals surface area contributed by atoms with Crippen molar-refractivity contribution in [1.82, 2.24) is 4.31 Å². The van der Waals surface area contributed by atoms with Gasteiger partial charge in [-0.2, -0.15) is 0 Å². The fraction of sp³-hybridized carbons (Fsp3) is 0.818. The molecule has 1 aliphatic heterocycles. The Morgan fingerprint density at radius 1 is 1.50 bits per heavy atom. The molecule has 92 valence electrons. The molecule has 1 heterocycles. The molecule has 1 rings (SSSR count). The minimum Gasteiger partial charge on any atom is -0.597 e. The summed E-state index contributed by atoms with van der Waals surface area (Å²) in [6.45, 7) is 6.47. The average Bonchev–Trinajstić information content (AvgIpc) is 2.13. The van der Waals surface area contributed by atoms with E-state index in [1.54, 1.807) is 11.4 Å². The van der Waals surface area contributed by atoms with E-state index in [4.69, 9.17) is 9.84 Å². The molecule has 1 unspecified atom stereocenters. The molecule has 0 amide bonds. The van der Waals surface area contributed by atoms with Crippen LogP contribution in [0.15, 0.2) is 0 Å². The molecule has 0 aliphatic carbocycles. The maximum atomic E-state index is 12.2. The summed E-state index contributed by atoms with van der Waals surface area (Å²) >= 11 is -1.13. The number of aliphatic hydroxyl groups is 1. The van der Waals surface area contributed by atoms with Gasteiger partial charge in [-0.05, 0) is 20.8 Å². The molecule has 0 radical (unpaired) electrons. The van der Waals surface area contributed by atoms with Crippen LogP contribution in [-0.4, -0.2) is 51.1 Å². The van der Waals surface area contributed by atoms with Crippen molar-refractivity contribution in [3.05, 3.63) is 0 Å². The minimum absolute atomic E-state index is 0.183. The Balaban J connectivity index is 2.81. The van der Waals surface area contributed by atoms with Crippen LogP contribution in [0, 0.1) is 11.8 Å². The van der Waals surface area contributed by atoms with Gasteiger partial charge < -0.3 is 14.4 Å². The Morgan fingerprint density at radius 2 is 2.06 bits per heavy atom. The zero-order valence-electron chi connectivity index (χ0n) is 10.2. The first-order chi connectivity index (χ1) is 7.33. The Bertz CT molecular complexity index is 299. The third kappa shape index (κ3) is 2.70. The minimum atomic E-state index is -1.13. The molecule has 0 spiro atoms. The molecule has 5 heteroatoms. The summed E-state index contributed by atoms with van der Waals surface area (Å²) in [4.78, 5) is 0. The normalized spacial score (nSPS) is 20.9. The molecule has 0 aromatic carbocycles. The highest BCUT2D eigenvalue weighted by molar-refractivity contribution is 7.90. The highest BCUT2D eigenvalue weighted by Crippen LogP contribution is 2.30. The number of ether oxygens (including phenoxy) is 1. The van der Waals surface area contributed by atoms with Gasteiger partial charge in [0.1, 0.15) is 11.4 Å². The van der Waals surface area contributed by atoms with Crippen molar-refractivity contribution in [3.63, 3.8) is 0 Å². The number of hydrogen-bond acceptors (Lipinski definition) is 4. The molecule has 1 saturated heterocycles. The molecular formula is C11H19NO3S. The van der Waals surface area contributed by atoms with Crippen molar-refractivity contribution in [3.8, 4) is 11.8 Å². The van der Waals surface area contributed by atoms with E-state index in [9.17, 15) is 4.55 Å². The summed E-state index contributed by atoms with van der Waals surface area (Å²) in [5.41, 5.74) is -0.499. The van der Waals surface area contributed by atoms with Gasteiger partial charge in [0, 0.05) is 18.4 Å². The van der Waals surface area contributed by atoms with Crippen LogP contribution in [0.5, 0.6) is 0 Å². The molecule has 1 aliphatic rings. The van der Waals surface area contributed by atoms with E-state index in [0.717, 1.165) is 0 Å². The van der Waals surface area contributed by atoms with Crippen molar-refractivity contribution in [2.45, 2.75) is 31.1 Å². The Kier molecular flexibility index (Phi) is 4.27. The summed E-state index contributed by atoms with van der Waals surface area (Å²) in [5.74, 6) is 5.57. The van der Waals surface area contributed by atoms with Crippen LogP contribution < -0.4 is 0 Å². The molecule has 1 atom stereocenters. The van der Waals surface area contributed by atoms with Gasteiger partial charge in [0.15, 0.2) is 5.54 Å². The number of nitrogens with zero attached hydrogens (tertiary/aromatic N) is 1. The maximum absolute atomic E-state index is 12.2. The third-order valence-electron chi connectivity index (χ3n) is 2.46. The van der Waals surface area contributed by atoms with E-state index < -0.39 is 16.9 Å². The maximum Gasteiger partial charge on any atom is 0.172 e. The van der Waals surface area contributed by atoms with E-state index >= 15 is 0 Å². The second-order valence-corrected chi connectivity index (χ2v) is 7.11. The van der Waals surface area contributed by atoms with Crippen LogP contribution in [-0.2, 0) is 16.1 Å². The number of rotatable bonds is 2. The Hall–Kier alpha value is -0.250. The lowest BCUT2D eigenvalue weighted by Gasteiger charge is -2.45. The van der Waals surface area contributed by atoms with Gasteiger partial charge in [0.05, 0.1) is 13.2 Å². The van der Waals surface area contributed by atoms with Crippen LogP contribution in [0.3, 0.4) is 0 Å². The zero-order chi connectivity index (χ0) is 12.4. The first-order valence-corrected chi connectivity index (χ1v) is 6.29. The monoisotopic (exact) mass is 245 g/mol. The van der Waals surface area contributed by atoms with Gasteiger partial charge in [-0.25, -0.2) is 0 Å². The Morgan fingerprint density at radius 3 is 2.38 bits per heavy atom. The fourth-order valence-corrected chi connectivity index (χ4v) is 2.69. The van der Waals surface area contributed by atoms with Gasteiger partial charge in [0.25, 0.3) is 0 Å². The van der Waals surface area contributed by atoms with Crippen molar-refractivity contribution >= 4 is 11.4 Å². The van der Waals surface area contributed by atoms with E-state index in [1.807, 2.05) is 20.8 Å². The van der Waals surface area contributed by atoms with Gasteiger partial charge in [-0.3, -0.25) is 0 Å². The highest BCUT2D eigenvalue weighted by Gasteiger charge is 2.49. The number of likely N-dealkylation sites (N-methyl/N-ethyl adjacent to an activating group) is 1. The summed E-state index contributed by atoms with van der Waals surface area (Å²) in [6.07, 6.45) is 0. The van der Waals surface area contributed by atoms with Crippen molar-refractivity contribution in [1.29, 1.82) is 0 Å². The molecule has 0 aromatic heterocycles. The van der Waals surface area contributed by atoms with Gasteiger partial charge >= 0.3 is 0 Å². The fourth-order valence-electron chi connectivity index (χ4n) is 1.40. The largest absolute Gasteiger partial charge is 0.597 e. The van der Waals surface area contributed by atoms with Crippen molar-refractivity contribution in [2.75, 3.05) is 26.9 Å². The predicted octanol–water partition coefficient (Wildman–Crippen LogP) is 0.145. The molecule has 16 heavy (non-hydrogen) atoms. The number of aliphatic hydroxyl groups excluding tert-OH is 1. The molecule has 1 fully saturated rings. The van der Waals surface area contributed by atoms with Gasteiger partial charge in [-0.15, -0.1) is 4.31 Å². The Labute approximate surface area is 100 Å². The second kappa shape index (κ2) is 4.94. The summed E-state index contributed by atoms with van der Waals surface area (Å²) in [5, 5.41) is 8.72. The van der Waals surface area contributed by atoms with Gasteiger partial charge in [0.2, 0.25) is 0 Å². The molecule has 0 saturated carbocycles. The summed E-state index contributed by atoms with van der Waals surface area (Å²) < 4.78 is 18.8. The van der Waals surface area contributed by atoms with Crippen molar-refractivity contribution in [2.24, 2.45) is 0 Å². The van der Waals surface area contributed by atoms with Gasteiger partial charge in [-0.1, -0.05) is 11.8 Å². The SMILES string of the molecule is CN([S+]([O-])C(C)(C)C)C1(C#CCO)COC1. The zero-order valence-corrected chi connectivity index (χ0v) is 11.1. The number of hydrogen-bond donors (Lipinski definition) is 1. The van der Waals surface area contributed by atoms with Crippen LogP contribution >= 0.6 is 0 Å².